The summed E-state index contributed by atoms with van der Waals surface area (Å²) >= 11 is 1.56. The fraction of sp³-hybridized carbons (Fsp3) is 0.261. The molecule has 0 unspecified atom stereocenters. The number of hydrogen-bond donors (Lipinski definition) is 1. The fourth-order valence-corrected chi connectivity index (χ4v) is 5.05. The Balaban J connectivity index is 1.62. The van der Waals surface area contributed by atoms with Crippen LogP contribution in [0.4, 0.5) is 24.8 Å². The van der Waals surface area contributed by atoms with Crippen molar-refractivity contribution in [3.8, 4) is 0 Å². The Bertz CT molecular complexity index is 1420. The molecule has 5 rings (SSSR count). The number of anilines is 2. The number of aromatic nitrogens is 3. The number of nitrogens with one attached hydrogen (secondary N) is 1. The highest BCUT2D eigenvalue weighted by Gasteiger charge is 2.23. The van der Waals surface area contributed by atoms with Gasteiger partial charge in [0.1, 0.15) is 0 Å². The van der Waals surface area contributed by atoms with E-state index in [1.807, 2.05) is 26.0 Å². The van der Waals surface area contributed by atoms with Gasteiger partial charge in [-0.3, -0.25) is 4.79 Å². The van der Waals surface area contributed by atoms with Gasteiger partial charge < -0.3 is 9.88 Å². The Labute approximate surface area is 185 Å². The molecule has 0 bridgehead atoms. The molecule has 0 radical (unpaired) electrons. The molecule has 1 N–H and O–H groups in total. The Morgan fingerprint density at radius 1 is 1.06 bits per heavy atom. The lowest BCUT2D eigenvalue weighted by atomic mass is 10.1. The van der Waals surface area contributed by atoms with Gasteiger partial charge in [-0.05, 0) is 68.5 Å². The van der Waals surface area contributed by atoms with E-state index in [2.05, 4.69) is 15.3 Å². The number of rotatable bonds is 4. The van der Waals surface area contributed by atoms with E-state index in [1.165, 1.54) is 0 Å². The van der Waals surface area contributed by atoms with Crippen LogP contribution in [0.3, 0.4) is 0 Å². The van der Waals surface area contributed by atoms with Crippen LogP contribution in [-0.4, -0.2) is 14.5 Å². The molecule has 0 saturated carbocycles. The Morgan fingerprint density at radius 2 is 1.81 bits per heavy atom. The summed E-state index contributed by atoms with van der Waals surface area (Å²) in [7, 11) is 0. The standard InChI is InChI=1S/C23H19F3N4OS/c1-11-6-18-20(32-12(2)27-18)9-17(11)28-23-29-22(31)14-4-3-5-19(14)30(23)10-13-7-15(24)21(26)16(25)8-13/h6-9H,3-5,10H2,1-2H3,(H,28,29,31). The molecule has 0 saturated heterocycles. The van der Waals surface area contributed by atoms with Gasteiger partial charge in [0.25, 0.3) is 5.56 Å². The molecule has 0 fully saturated rings. The maximum Gasteiger partial charge on any atom is 0.277 e. The predicted octanol–water partition coefficient (Wildman–Crippen LogP) is 5.17. The third-order valence-electron chi connectivity index (χ3n) is 5.71. The van der Waals surface area contributed by atoms with Crippen LogP contribution in [0.2, 0.25) is 0 Å². The summed E-state index contributed by atoms with van der Waals surface area (Å²) in [4.78, 5) is 21.4. The summed E-state index contributed by atoms with van der Waals surface area (Å²) in [5.74, 6) is -3.72. The SMILES string of the molecule is Cc1nc2cc(C)c(Nc3nc(=O)c4c(n3Cc3cc(F)c(F)c(F)c3)CCC4)cc2s1. The molecule has 0 spiro atoms. The molecule has 164 valence electrons. The zero-order valence-electron chi connectivity index (χ0n) is 17.4. The number of fused-ring (bicyclic) bond motifs is 2. The second-order valence-corrected chi connectivity index (χ2v) is 9.21. The second kappa shape index (κ2) is 7.74. The highest BCUT2D eigenvalue weighted by Crippen LogP contribution is 2.31. The topological polar surface area (TPSA) is 59.8 Å². The summed E-state index contributed by atoms with van der Waals surface area (Å²) in [5.41, 5.74) is 3.91. The molecule has 1 aliphatic carbocycles. The van der Waals surface area contributed by atoms with Crippen LogP contribution in [-0.2, 0) is 19.4 Å². The molecular formula is C23H19F3N4OS. The van der Waals surface area contributed by atoms with Gasteiger partial charge in [-0.25, -0.2) is 18.2 Å². The molecule has 2 aromatic carbocycles. The van der Waals surface area contributed by atoms with E-state index in [9.17, 15) is 18.0 Å². The minimum absolute atomic E-state index is 0.0486. The van der Waals surface area contributed by atoms with E-state index in [1.54, 1.807) is 15.9 Å². The zero-order valence-corrected chi connectivity index (χ0v) is 18.2. The van der Waals surface area contributed by atoms with Gasteiger partial charge in [-0.1, -0.05) is 0 Å². The molecule has 2 heterocycles. The van der Waals surface area contributed by atoms with Crippen molar-refractivity contribution in [2.45, 2.75) is 39.7 Å². The van der Waals surface area contributed by atoms with E-state index >= 15 is 0 Å². The van der Waals surface area contributed by atoms with E-state index < -0.39 is 17.5 Å². The number of hydrogen-bond acceptors (Lipinski definition) is 5. The minimum Gasteiger partial charge on any atom is -0.325 e. The monoisotopic (exact) mass is 456 g/mol. The van der Waals surface area contributed by atoms with Crippen molar-refractivity contribution < 1.29 is 13.2 Å². The van der Waals surface area contributed by atoms with Crippen LogP contribution in [0.15, 0.2) is 29.1 Å². The smallest absolute Gasteiger partial charge is 0.277 e. The maximum absolute atomic E-state index is 13.8. The Morgan fingerprint density at radius 3 is 2.56 bits per heavy atom. The Kier molecular flexibility index (Phi) is 5.00. The molecule has 0 amide bonds. The van der Waals surface area contributed by atoms with E-state index in [0.717, 1.165) is 50.7 Å². The highest BCUT2D eigenvalue weighted by atomic mass is 32.1. The molecule has 9 heteroatoms. The molecule has 32 heavy (non-hydrogen) atoms. The lowest BCUT2D eigenvalue weighted by Crippen LogP contribution is -2.23. The summed E-state index contributed by atoms with van der Waals surface area (Å²) in [5, 5.41) is 4.19. The third-order valence-corrected chi connectivity index (χ3v) is 6.64. The van der Waals surface area contributed by atoms with Crippen LogP contribution in [0.25, 0.3) is 10.2 Å². The highest BCUT2D eigenvalue weighted by molar-refractivity contribution is 7.18. The first-order valence-corrected chi connectivity index (χ1v) is 11.0. The van der Waals surface area contributed by atoms with Crippen LogP contribution in [0.5, 0.6) is 0 Å². The molecular weight excluding hydrogens is 437 g/mol. The van der Waals surface area contributed by atoms with Gasteiger partial charge in [0.2, 0.25) is 5.95 Å². The van der Waals surface area contributed by atoms with Gasteiger partial charge in [-0.2, -0.15) is 4.98 Å². The molecule has 5 nitrogen and oxygen atoms in total. The van der Waals surface area contributed by atoms with Gasteiger partial charge in [-0.15, -0.1) is 11.3 Å². The van der Waals surface area contributed by atoms with Gasteiger partial charge >= 0.3 is 0 Å². The first-order valence-electron chi connectivity index (χ1n) is 10.2. The van der Waals surface area contributed by atoms with Crippen LogP contribution in [0.1, 0.15) is 33.8 Å². The van der Waals surface area contributed by atoms with Crippen molar-refractivity contribution in [2.75, 3.05) is 5.32 Å². The van der Waals surface area contributed by atoms with E-state index in [-0.39, 0.29) is 23.6 Å². The second-order valence-electron chi connectivity index (χ2n) is 7.97. The molecule has 0 aliphatic heterocycles. The minimum atomic E-state index is -1.50. The maximum atomic E-state index is 13.8. The fourth-order valence-electron chi connectivity index (χ4n) is 4.20. The first kappa shape index (κ1) is 20.7. The number of thiazole rings is 1. The Hall–Kier alpha value is -3.20. The lowest BCUT2D eigenvalue weighted by Gasteiger charge is -2.19. The van der Waals surface area contributed by atoms with Gasteiger partial charge in [0, 0.05) is 16.9 Å². The van der Waals surface area contributed by atoms with Crippen molar-refractivity contribution in [1.29, 1.82) is 0 Å². The van der Waals surface area contributed by atoms with Gasteiger partial charge in [0.15, 0.2) is 17.5 Å². The van der Waals surface area contributed by atoms with Crippen molar-refractivity contribution in [2.24, 2.45) is 0 Å². The predicted molar refractivity (Wildman–Crippen MR) is 118 cm³/mol. The number of halogens is 3. The van der Waals surface area contributed by atoms with Crippen LogP contribution < -0.4 is 10.9 Å². The van der Waals surface area contributed by atoms with Crippen LogP contribution >= 0.6 is 11.3 Å². The number of nitrogens with zero attached hydrogens (tertiary/aromatic N) is 3. The van der Waals surface area contributed by atoms with Crippen LogP contribution in [0, 0.1) is 31.3 Å². The van der Waals surface area contributed by atoms with Crippen molar-refractivity contribution in [3.63, 3.8) is 0 Å². The quantitative estimate of drug-likeness (QED) is 0.431. The summed E-state index contributed by atoms with van der Waals surface area (Å²) < 4.78 is 43.8. The molecule has 1 aliphatic rings. The third kappa shape index (κ3) is 3.56. The average Bonchev–Trinajstić information content (AvgIpc) is 3.35. The molecule has 4 aromatic rings. The first-order chi connectivity index (χ1) is 15.3. The summed E-state index contributed by atoms with van der Waals surface area (Å²) in [6, 6.07) is 5.86. The zero-order chi connectivity index (χ0) is 22.6. The van der Waals surface area contributed by atoms with Crippen molar-refractivity contribution in [3.05, 3.63) is 79.5 Å². The van der Waals surface area contributed by atoms with E-state index in [0.29, 0.717) is 18.4 Å². The largest absolute Gasteiger partial charge is 0.325 e. The number of benzene rings is 2. The average molecular weight is 456 g/mol. The molecule has 2 aromatic heterocycles. The lowest BCUT2D eigenvalue weighted by molar-refractivity contribution is 0.444. The summed E-state index contributed by atoms with van der Waals surface area (Å²) in [6.07, 6.45) is 2.06. The van der Waals surface area contributed by atoms with Crippen molar-refractivity contribution in [1.82, 2.24) is 14.5 Å². The number of aryl methyl sites for hydroxylation is 2. The summed E-state index contributed by atoms with van der Waals surface area (Å²) in [6.45, 7) is 3.91. The van der Waals surface area contributed by atoms with E-state index in [4.69, 9.17) is 0 Å². The van der Waals surface area contributed by atoms with Crippen molar-refractivity contribution >= 4 is 33.2 Å². The van der Waals surface area contributed by atoms with Gasteiger partial charge in [0.05, 0.1) is 21.8 Å². The molecule has 0 atom stereocenters. The normalized spacial score (nSPS) is 13.0.